The Balaban J connectivity index is 1.56. The van der Waals surface area contributed by atoms with Gasteiger partial charge in [-0.2, -0.15) is 0 Å². The largest absolute Gasteiger partial charge is 0.484 e. The molecule has 5 nitrogen and oxygen atoms in total. The summed E-state index contributed by atoms with van der Waals surface area (Å²) in [5.74, 6) is 0.0903. The molecular formula is C23H21ClN2O3. The van der Waals surface area contributed by atoms with Crippen LogP contribution in [0.15, 0.2) is 72.8 Å². The molecule has 3 aromatic carbocycles. The third-order valence-corrected chi connectivity index (χ3v) is 4.53. The van der Waals surface area contributed by atoms with E-state index in [4.69, 9.17) is 16.3 Å². The molecule has 0 aliphatic rings. The number of amides is 2. The van der Waals surface area contributed by atoms with Crippen LogP contribution < -0.4 is 15.4 Å². The van der Waals surface area contributed by atoms with Crippen molar-refractivity contribution in [2.75, 3.05) is 17.2 Å². The Bertz CT molecular complexity index is 1010. The van der Waals surface area contributed by atoms with Gasteiger partial charge in [0.05, 0.1) is 10.7 Å². The summed E-state index contributed by atoms with van der Waals surface area (Å²) in [6, 6.07) is 21.4. The lowest BCUT2D eigenvalue weighted by Gasteiger charge is -2.11. The second-order valence-electron chi connectivity index (χ2n) is 6.35. The SMILES string of the molecule is CCc1cccc(OCC(=O)Nc2ccc(NC(=O)c3ccccc3)c(Cl)c2)c1. The Kier molecular flexibility index (Phi) is 6.87. The second kappa shape index (κ2) is 9.75. The molecule has 0 heterocycles. The standard InChI is InChI=1S/C23H21ClN2O3/c1-2-16-7-6-10-19(13-16)29-15-22(27)25-18-11-12-21(20(24)14-18)26-23(28)17-8-4-3-5-9-17/h3-14H,2,15H2,1H3,(H,25,27)(H,26,28). The summed E-state index contributed by atoms with van der Waals surface area (Å²) in [6.45, 7) is 1.94. The summed E-state index contributed by atoms with van der Waals surface area (Å²) in [4.78, 5) is 24.4. The van der Waals surface area contributed by atoms with Gasteiger partial charge < -0.3 is 15.4 Å². The maximum atomic E-state index is 12.2. The summed E-state index contributed by atoms with van der Waals surface area (Å²) >= 11 is 6.25. The highest BCUT2D eigenvalue weighted by molar-refractivity contribution is 6.34. The zero-order valence-corrected chi connectivity index (χ0v) is 16.7. The molecule has 0 fully saturated rings. The second-order valence-corrected chi connectivity index (χ2v) is 6.76. The summed E-state index contributed by atoms with van der Waals surface area (Å²) in [5, 5.41) is 5.81. The van der Waals surface area contributed by atoms with Gasteiger partial charge in [0, 0.05) is 11.3 Å². The van der Waals surface area contributed by atoms with Gasteiger partial charge in [0.25, 0.3) is 11.8 Å². The molecule has 0 aliphatic carbocycles. The maximum absolute atomic E-state index is 12.2. The van der Waals surface area contributed by atoms with Crippen LogP contribution in [0.3, 0.4) is 0 Å². The number of aryl methyl sites for hydroxylation is 1. The predicted octanol–water partition coefficient (Wildman–Crippen LogP) is 5.17. The topological polar surface area (TPSA) is 67.4 Å². The number of carbonyl (C=O) groups excluding carboxylic acids is 2. The number of nitrogens with one attached hydrogen (secondary N) is 2. The number of benzene rings is 3. The van der Waals surface area contributed by atoms with E-state index in [1.807, 2.05) is 30.3 Å². The van der Waals surface area contributed by atoms with Gasteiger partial charge >= 0.3 is 0 Å². The van der Waals surface area contributed by atoms with Crippen LogP contribution in [0.1, 0.15) is 22.8 Å². The number of carbonyl (C=O) groups is 2. The molecule has 29 heavy (non-hydrogen) atoms. The van der Waals surface area contributed by atoms with Crippen molar-refractivity contribution in [2.45, 2.75) is 13.3 Å². The first kappa shape index (κ1) is 20.4. The normalized spacial score (nSPS) is 10.3. The van der Waals surface area contributed by atoms with Crippen LogP contribution in [0.25, 0.3) is 0 Å². The summed E-state index contributed by atoms with van der Waals surface area (Å²) in [6.07, 6.45) is 0.898. The molecule has 0 saturated carbocycles. The van der Waals surface area contributed by atoms with Crippen LogP contribution >= 0.6 is 11.6 Å². The van der Waals surface area contributed by atoms with E-state index < -0.39 is 0 Å². The molecule has 0 aromatic heterocycles. The molecule has 2 N–H and O–H groups in total. The van der Waals surface area contributed by atoms with Gasteiger partial charge in [0.2, 0.25) is 0 Å². The van der Waals surface area contributed by atoms with Crippen molar-refractivity contribution in [3.63, 3.8) is 0 Å². The van der Waals surface area contributed by atoms with Gasteiger partial charge in [0.15, 0.2) is 6.61 Å². The molecular weight excluding hydrogens is 388 g/mol. The molecule has 0 spiro atoms. The number of anilines is 2. The number of rotatable bonds is 7. The van der Waals surface area contributed by atoms with E-state index in [0.717, 1.165) is 12.0 Å². The van der Waals surface area contributed by atoms with Crippen molar-refractivity contribution in [3.05, 3.63) is 88.9 Å². The number of ether oxygens (including phenoxy) is 1. The highest BCUT2D eigenvalue weighted by Crippen LogP contribution is 2.26. The zero-order chi connectivity index (χ0) is 20.6. The Morgan fingerprint density at radius 2 is 1.72 bits per heavy atom. The maximum Gasteiger partial charge on any atom is 0.262 e. The Morgan fingerprint density at radius 3 is 2.45 bits per heavy atom. The fourth-order valence-corrected chi connectivity index (χ4v) is 2.91. The van der Waals surface area contributed by atoms with Crippen molar-refractivity contribution in [3.8, 4) is 5.75 Å². The number of hydrogen-bond acceptors (Lipinski definition) is 3. The Labute approximate surface area is 174 Å². The molecule has 2 amide bonds. The van der Waals surface area contributed by atoms with Crippen molar-refractivity contribution in [2.24, 2.45) is 0 Å². The van der Waals surface area contributed by atoms with Gasteiger partial charge in [-0.3, -0.25) is 9.59 Å². The van der Waals surface area contributed by atoms with E-state index >= 15 is 0 Å². The predicted molar refractivity (Wildman–Crippen MR) is 116 cm³/mol. The molecule has 0 aliphatic heterocycles. The van der Waals surface area contributed by atoms with Crippen LogP contribution in [-0.4, -0.2) is 18.4 Å². The minimum atomic E-state index is -0.302. The van der Waals surface area contributed by atoms with Crippen molar-refractivity contribution >= 4 is 34.8 Å². The van der Waals surface area contributed by atoms with Crippen LogP contribution in [0.2, 0.25) is 5.02 Å². The Hall–Kier alpha value is -3.31. The lowest BCUT2D eigenvalue weighted by Crippen LogP contribution is -2.20. The van der Waals surface area contributed by atoms with Gasteiger partial charge in [-0.1, -0.05) is 48.9 Å². The quantitative estimate of drug-likeness (QED) is 0.566. The molecule has 6 heteroatoms. The number of halogens is 1. The van der Waals surface area contributed by atoms with Crippen molar-refractivity contribution in [1.29, 1.82) is 0 Å². The van der Waals surface area contributed by atoms with Crippen LogP contribution in [0.4, 0.5) is 11.4 Å². The van der Waals surface area contributed by atoms with Crippen molar-refractivity contribution < 1.29 is 14.3 Å². The van der Waals surface area contributed by atoms with Crippen LogP contribution in [-0.2, 0) is 11.2 Å². The lowest BCUT2D eigenvalue weighted by molar-refractivity contribution is -0.118. The average Bonchev–Trinajstić information content (AvgIpc) is 2.75. The summed E-state index contributed by atoms with van der Waals surface area (Å²) in [7, 11) is 0. The minimum Gasteiger partial charge on any atom is -0.484 e. The van der Waals surface area contributed by atoms with E-state index in [2.05, 4.69) is 17.6 Å². The van der Waals surface area contributed by atoms with Gasteiger partial charge in [-0.05, 0) is 54.4 Å². The fourth-order valence-electron chi connectivity index (χ4n) is 2.68. The first-order valence-corrected chi connectivity index (χ1v) is 9.60. The molecule has 3 aromatic rings. The Morgan fingerprint density at radius 1 is 0.931 bits per heavy atom. The van der Waals surface area contributed by atoms with Crippen LogP contribution in [0.5, 0.6) is 5.75 Å². The van der Waals surface area contributed by atoms with Gasteiger partial charge in [-0.15, -0.1) is 0 Å². The highest BCUT2D eigenvalue weighted by atomic mass is 35.5. The van der Waals surface area contributed by atoms with E-state index in [1.165, 1.54) is 0 Å². The smallest absolute Gasteiger partial charge is 0.262 e. The molecule has 0 unspecified atom stereocenters. The van der Waals surface area contributed by atoms with E-state index in [0.29, 0.717) is 27.7 Å². The highest BCUT2D eigenvalue weighted by Gasteiger charge is 2.10. The van der Waals surface area contributed by atoms with E-state index in [-0.39, 0.29) is 18.4 Å². The third-order valence-electron chi connectivity index (χ3n) is 4.21. The number of hydrogen-bond donors (Lipinski definition) is 2. The summed E-state index contributed by atoms with van der Waals surface area (Å²) in [5.41, 5.74) is 2.66. The monoisotopic (exact) mass is 408 g/mol. The van der Waals surface area contributed by atoms with Crippen LogP contribution in [0, 0.1) is 0 Å². The molecule has 0 bridgehead atoms. The zero-order valence-electron chi connectivity index (χ0n) is 15.9. The molecule has 148 valence electrons. The molecule has 0 saturated heterocycles. The average molecular weight is 409 g/mol. The van der Waals surface area contributed by atoms with E-state index in [9.17, 15) is 9.59 Å². The fraction of sp³-hybridized carbons (Fsp3) is 0.130. The van der Waals surface area contributed by atoms with Crippen molar-refractivity contribution in [1.82, 2.24) is 0 Å². The summed E-state index contributed by atoms with van der Waals surface area (Å²) < 4.78 is 5.54. The van der Waals surface area contributed by atoms with Gasteiger partial charge in [0.1, 0.15) is 5.75 Å². The minimum absolute atomic E-state index is 0.114. The first-order chi connectivity index (χ1) is 14.0. The third kappa shape index (κ3) is 5.83. The van der Waals surface area contributed by atoms with Gasteiger partial charge in [-0.25, -0.2) is 0 Å². The molecule has 3 rings (SSSR count). The lowest BCUT2D eigenvalue weighted by atomic mass is 10.2. The molecule has 0 atom stereocenters. The van der Waals surface area contributed by atoms with E-state index in [1.54, 1.807) is 42.5 Å². The first-order valence-electron chi connectivity index (χ1n) is 9.22. The molecule has 0 radical (unpaired) electrons.